The molecule has 0 bridgehead atoms. The van der Waals surface area contributed by atoms with Crippen LogP contribution in [-0.2, 0) is 0 Å². The summed E-state index contributed by atoms with van der Waals surface area (Å²) in [6, 6.07) is 0. The molecule has 5 heteroatoms. The Balaban J connectivity index is 2.97. The number of aryl methyl sites for hydroxylation is 2. The van der Waals surface area contributed by atoms with Crippen LogP contribution < -0.4 is 5.48 Å². The highest BCUT2D eigenvalue weighted by Gasteiger charge is 2.10. The summed E-state index contributed by atoms with van der Waals surface area (Å²) in [7, 11) is 0. The van der Waals surface area contributed by atoms with Crippen LogP contribution in [0.3, 0.4) is 0 Å². The topological polar surface area (TPSA) is 62.2 Å². The number of hydrogen-bond acceptors (Lipinski definition) is 4. The third kappa shape index (κ3) is 1.55. The van der Waals surface area contributed by atoms with Gasteiger partial charge in [-0.15, -0.1) is 11.3 Å². The summed E-state index contributed by atoms with van der Waals surface area (Å²) in [6.45, 7) is 3.70. The van der Waals surface area contributed by atoms with Crippen LogP contribution in [0, 0.1) is 13.8 Å². The molecule has 1 aromatic heterocycles. The molecular formula is C6H8N2O2S. The van der Waals surface area contributed by atoms with Gasteiger partial charge in [-0.1, -0.05) is 0 Å². The Morgan fingerprint density at radius 3 is 2.64 bits per heavy atom. The predicted molar refractivity (Wildman–Crippen MR) is 40.8 cm³/mol. The molecule has 0 spiro atoms. The molecule has 0 saturated heterocycles. The maximum absolute atomic E-state index is 10.8. The standard InChI is InChI=1S/C6H8N2O2S/c1-3-4(2)11-6(7-3)5(9)8-10/h10H,1-2H3,(H,8,9). The average molecular weight is 172 g/mol. The van der Waals surface area contributed by atoms with Crippen LogP contribution in [0.25, 0.3) is 0 Å². The molecule has 1 heterocycles. The van der Waals surface area contributed by atoms with Crippen LogP contribution in [0.2, 0.25) is 0 Å². The van der Waals surface area contributed by atoms with Crippen molar-refractivity contribution in [1.29, 1.82) is 0 Å². The molecule has 0 unspecified atom stereocenters. The number of aromatic nitrogens is 1. The zero-order valence-corrected chi connectivity index (χ0v) is 7.03. The van der Waals surface area contributed by atoms with Crippen molar-refractivity contribution in [3.05, 3.63) is 15.6 Å². The van der Waals surface area contributed by atoms with E-state index in [0.717, 1.165) is 10.6 Å². The van der Waals surface area contributed by atoms with Gasteiger partial charge in [0.05, 0.1) is 5.69 Å². The Labute approximate surface area is 67.8 Å². The Hall–Kier alpha value is -0.940. The fourth-order valence-corrected chi connectivity index (χ4v) is 1.42. The molecule has 1 aromatic rings. The van der Waals surface area contributed by atoms with Gasteiger partial charge in [-0.25, -0.2) is 10.5 Å². The van der Waals surface area contributed by atoms with Crippen molar-refractivity contribution in [3.8, 4) is 0 Å². The van der Waals surface area contributed by atoms with E-state index in [9.17, 15) is 4.79 Å². The summed E-state index contributed by atoms with van der Waals surface area (Å²) < 4.78 is 0. The number of amides is 1. The van der Waals surface area contributed by atoms with E-state index >= 15 is 0 Å². The lowest BCUT2D eigenvalue weighted by Gasteiger charge is -1.88. The fourth-order valence-electron chi connectivity index (χ4n) is 0.618. The van der Waals surface area contributed by atoms with E-state index in [1.807, 2.05) is 13.8 Å². The Morgan fingerprint density at radius 1 is 1.64 bits per heavy atom. The number of nitrogens with one attached hydrogen (secondary N) is 1. The van der Waals surface area contributed by atoms with E-state index in [1.165, 1.54) is 16.8 Å². The summed E-state index contributed by atoms with van der Waals surface area (Å²) in [5, 5.41) is 8.55. The van der Waals surface area contributed by atoms with E-state index in [1.54, 1.807) is 0 Å². The number of thiazole rings is 1. The predicted octanol–water partition coefficient (Wildman–Crippen LogP) is 0.879. The summed E-state index contributed by atoms with van der Waals surface area (Å²) in [4.78, 5) is 15.7. The second-order valence-electron chi connectivity index (χ2n) is 2.10. The Bertz CT molecular complexity index is 263. The average Bonchev–Trinajstić information content (AvgIpc) is 2.31. The highest BCUT2D eigenvalue weighted by atomic mass is 32.1. The van der Waals surface area contributed by atoms with Crippen molar-refractivity contribution >= 4 is 17.2 Å². The lowest BCUT2D eigenvalue weighted by Crippen LogP contribution is -2.18. The first-order valence-electron chi connectivity index (χ1n) is 3.03. The third-order valence-corrected chi connectivity index (χ3v) is 2.40. The lowest BCUT2D eigenvalue weighted by molar-refractivity contribution is 0.0706. The van der Waals surface area contributed by atoms with Crippen LogP contribution in [-0.4, -0.2) is 16.1 Å². The van der Waals surface area contributed by atoms with Crippen molar-refractivity contribution in [1.82, 2.24) is 10.5 Å². The Kier molecular flexibility index (Phi) is 2.21. The van der Waals surface area contributed by atoms with Gasteiger partial charge in [0.1, 0.15) is 0 Å². The zero-order chi connectivity index (χ0) is 8.43. The number of carbonyl (C=O) groups is 1. The van der Waals surface area contributed by atoms with Crippen molar-refractivity contribution in [2.45, 2.75) is 13.8 Å². The van der Waals surface area contributed by atoms with Gasteiger partial charge in [0.15, 0.2) is 5.01 Å². The van der Waals surface area contributed by atoms with Gasteiger partial charge >= 0.3 is 5.91 Å². The van der Waals surface area contributed by atoms with Gasteiger partial charge in [0, 0.05) is 4.88 Å². The second-order valence-corrected chi connectivity index (χ2v) is 3.30. The highest BCUT2D eigenvalue weighted by molar-refractivity contribution is 7.13. The molecule has 1 rings (SSSR count). The fraction of sp³-hybridized carbons (Fsp3) is 0.333. The minimum Gasteiger partial charge on any atom is -0.288 e. The van der Waals surface area contributed by atoms with E-state index in [4.69, 9.17) is 5.21 Å². The lowest BCUT2D eigenvalue weighted by atomic mass is 10.4. The van der Waals surface area contributed by atoms with Crippen molar-refractivity contribution in [2.75, 3.05) is 0 Å². The molecule has 60 valence electrons. The van der Waals surface area contributed by atoms with E-state index < -0.39 is 5.91 Å². The molecule has 0 aliphatic heterocycles. The van der Waals surface area contributed by atoms with Gasteiger partial charge in [-0.2, -0.15) is 0 Å². The van der Waals surface area contributed by atoms with Crippen LogP contribution >= 0.6 is 11.3 Å². The molecule has 0 aliphatic rings. The molecule has 11 heavy (non-hydrogen) atoms. The molecule has 0 aliphatic carbocycles. The molecule has 0 radical (unpaired) electrons. The molecule has 0 fully saturated rings. The summed E-state index contributed by atoms with van der Waals surface area (Å²) in [6.07, 6.45) is 0. The SMILES string of the molecule is Cc1nc(C(=O)NO)sc1C. The van der Waals surface area contributed by atoms with E-state index in [-0.39, 0.29) is 0 Å². The van der Waals surface area contributed by atoms with Gasteiger partial charge < -0.3 is 0 Å². The van der Waals surface area contributed by atoms with Crippen LogP contribution in [0.4, 0.5) is 0 Å². The quantitative estimate of drug-likeness (QED) is 0.488. The van der Waals surface area contributed by atoms with Crippen molar-refractivity contribution < 1.29 is 10.0 Å². The van der Waals surface area contributed by atoms with E-state index in [0.29, 0.717) is 5.01 Å². The van der Waals surface area contributed by atoms with Crippen LogP contribution in [0.5, 0.6) is 0 Å². The van der Waals surface area contributed by atoms with Crippen LogP contribution in [0.15, 0.2) is 0 Å². The maximum Gasteiger partial charge on any atom is 0.303 e. The maximum atomic E-state index is 10.8. The van der Waals surface area contributed by atoms with Crippen molar-refractivity contribution in [3.63, 3.8) is 0 Å². The van der Waals surface area contributed by atoms with E-state index in [2.05, 4.69) is 4.98 Å². The highest BCUT2D eigenvalue weighted by Crippen LogP contribution is 2.15. The first-order valence-corrected chi connectivity index (χ1v) is 3.85. The number of carbonyl (C=O) groups excluding carboxylic acids is 1. The Morgan fingerprint density at radius 2 is 2.27 bits per heavy atom. The zero-order valence-electron chi connectivity index (χ0n) is 6.21. The smallest absolute Gasteiger partial charge is 0.288 e. The molecule has 0 saturated carbocycles. The largest absolute Gasteiger partial charge is 0.303 e. The summed E-state index contributed by atoms with van der Waals surface area (Å²) >= 11 is 1.26. The summed E-state index contributed by atoms with van der Waals surface area (Å²) in [5.41, 5.74) is 2.36. The van der Waals surface area contributed by atoms with Gasteiger partial charge in [-0.3, -0.25) is 10.0 Å². The minimum atomic E-state index is -0.550. The first-order chi connectivity index (χ1) is 5.15. The molecular weight excluding hydrogens is 164 g/mol. The number of nitrogens with zero attached hydrogens (tertiary/aromatic N) is 1. The normalized spacial score (nSPS) is 9.73. The number of rotatable bonds is 1. The molecule has 0 atom stereocenters. The number of hydrogen-bond donors (Lipinski definition) is 2. The molecule has 4 nitrogen and oxygen atoms in total. The van der Waals surface area contributed by atoms with Gasteiger partial charge in [-0.05, 0) is 13.8 Å². The van der Waals surface area contributed by atoms with Crippen molar-refractivity contribution in [2.24, 2.45) is 0 Å². The molecule has 1 amide bonds. The third-order valence-electron chi connectivity index (χ3n) is 1.32. The minimum absolute atomic E-state index is 0.294. The summed E-state index contributed by atoms with van der Waals surface area (Å²) in [5.74, 6) is -0.550. The molecule has 2 N–H and O–H groups in total. The van der Waals surface area contributed by atoms with Crippen LogP contribution in [0.1, 0.15) is 20.4 Å². The van der Waals surface area contributed by atoms with Gasteiger partial charge in [0.2, 0.25) is 0 Å². The first kappa shape index (κ1) is 8.16. The molecule has 0 aromatic carbocycles. The second kappa shape index (κ2) is 2.98. The monoisotopic (exact) mass is 172 g/mol. The number of hydroxylamine groups is 1. The van der Waals surface area contributed by atoms with Gasteiger partial charge in [0.25, 0.3) is 0 Å².